The van der Waals surface area contributed by atoms with Crippen molar-refractivity contribution in [2.75, 3.05) is 19.6 Å². The number of nitrogens with one attached hydrogen (secondary N) is 2. The molecule has 0 spiro atoms. The molecule has 1 aromatic carbocycles. The van der Waals surface area contributed by atoms with Gasteiger partial charge in [0.05, 0.1) is 18.2 Å². The van der Waals surface area contributed by atoms with Gasteiger partial charge >= 0.3 is 6.18 Å². The number of ether oxygens (including phenoxy) is 1. The molecule has 8 nitrogen and oxygen atoms in total. The molecule has 1 aliphatic carbocycles. The third-order valence-electron chi connectivity index (χ3n) is 6.14. The fraction of sp³-hybridized carbons (Fsp3) is 0.478. The second-order valence-electron chi connectivity index (χ2n) is 8.58. The summed E-state index contributed by atoms with van der Waals surface area (Å²) < 4.78 is 44.3. The lowest BCUT2D eigenvalue weighted by Gasteiger charge is -2.46. The Morgan fingerprint density at radius 3 is 2.56 bits per heavy atom. The molecule has 11 heteroatoms. The Labute approximate surface area is 194 Å². The van der Waals surface area contributed by atoms with E-state index in [4.69, 9.17) is 4.74 Å². The molecule has 2 heterocycles. The SMILES string of the molecule is O=C(CNC(=O)c1cccc(C(F)(F)F)c1)NC1CN(C2CCC(Oc3ccncn3)CC2)C1. The molecule has 0 radical (unpaired) electrons. The van der Waals surface area contributed by atoms with Gasteiger partial charge in [0.2, 0.25) is 11.8 Å². The summed E-state index contributed by atoms with van der Waals surface area (Å²) in [6.07, 6.45) is 2.60. The third-order valence-corrected chi connectivity index (χ3v) is 6.14. The van der Waals surface area contributed by atoms with Crippen molar-refractivity contribution in [2.24, 2.45) is 0 Å². The number of carbonyl (C=O) groups is 2. The van der Waals surface area contributed by atoms with Crippen molar-refractivity contribution in [1.29, 1.82) is 0 Å². The topological polar surface area (TPSA) is 96.5 Å². The first kappa shape index (κ1) is 23.9. The molecule has 1 aromatic heterocycles. The highest BCUT2D eigenvalue weighted by atomic mass is 19.4. The molecule has 4 rings (SSSR count). The van der Waals surface area contributed by atoms with Crippen LogP contribution in [0.4, 0.5) is 13.2 Å². The number of carbonyl (C=O) groups excluding carboxylic acids is 2. The summed E-state index contributed by atoms with van der Waals surface area (Å²) in [4.78, 5) is 34.6. The van der Waals surface area contributed by atoms with Crippen LogP contribution in [0.25, 0.3) is 0 Å². The van der Waals surface area contributed by atoms with Gasteiger partial charge in [-0.1, -0.05) is 6.07 Å². The monoisotopic (exact) mass is 477 g/mol. The predicted molar refractivity (Wildman–Crippen MR) is 116 cm³/mol. The summed E-state index contributed by atoms with van der Waals surface area (Å²) >= 11 is 0. The minimum Gasteiger partial charge on any atom is -0.474 e. The number of aromatic nitrogens is 2. The number of hydrogen-bond donors (Lipinski definition) is 2. The largest absolute Gasteiger partial charge is 0.474 e. The average molecular weight is 477 g/mol. The Morgan fingerprint density at radius 1 is 1.12 bits per heavy atom. The maximum absolute atomic E-state index is 12.8. The second kappa shape index (κ2) is 10.4. The summed E-state index contributed by atoms with van der Waals surface area (Å²) in [5, 5.41) is 5.23. The van der Waals surface area contributed by atoms with E-state index in [-0.39, 0.29) is 30.2 Å². The Bertz CT molecular complexity index is 991. The normalized spacial score (nSPS) is 21.4. The molecule has 2 aromatic rings. The predicted octanol–water partition coefficient (Wildman–Crippen LogP) is 2.42. The zero-order valence-electron chi connectivity index (χ0n) is 18.4. The highest BCUT2D eigenvalue weighted by Crippen LogP contribution is 2.30. The molecule has 182 valence electrons. The van der Waals surface area contributed by atoms with Crippen LogP contribution >= 0.6 is 0 Å². The molecule has 34 heavy (non-hydrogen) atoms. The number of benzene rings is 1. The molecule has 1 saturated carbocycles. The first-order valence-electron chi connectivity index (χ1n) is 11.2. The van der Waals surface area contributed by atoms with Crippen molar-refractivity contribution in [3.05, 3.63) is 54.0 Å². The van der Waals surface area contributed by atoms with Crippen LogP contribution in [0.5, 0.6) is 5.88 Å². The van der Waals surface area contributed by atoms with E-state index in [1.165, 1.54) is 12.4 Å². The van der Waals surface area contributed by atoms with E-state index in [1.54, 1.807) is 12.3 Å². The molecule has 1 aliphatic heterocycles. The van der Waals surface area contributed by atoms with Crippen LogP contribution in [0.3, 0.4) is 0 Å². The van der Waals surface area contributed by atoms with Crippen molar-refractivity contribution in [2.45, 2.75) is 50.0 Å². The quantitative estimate of drug-likeness (QED) is 0.636. The molecule has 0 atom stereocenters. The van der Waals surface area contributed by atoms with Crippen LogP contribution in [0, 0.1) is 0 Å². The maximum atomic E-state index is 12.8. The summed E-state index contributed by atoms with van der Waals surface area (Å²) in [6.45, 7) is 1.17. The molecule has 2 aliphatic rings. The van der Waals surface area contributed by atoms with E-state index in [0.29, 0.717) is 11.9 Å². The van der Waals surface area contributed by atoms with Crippen LogP contribution < -0.4 is 15.4 Å². The fourth-order valence-corrected chi connectivity index (χ4v) is 4.33. The lowest BCUT2D eigenvalue weighted by atomic mass is 9.89. The van der Waals surface area contributed by atoms with Gasteiger partial charge in [-0.25, -0.2) is 9.97 Å². The summed E-state index contributed by atoms with van der Waals surface area (Å²) in [6, 6.07) is 6.29. The van der Waals surface area contributed by atoms with Crippen LogP contribution in [-0.4, -0.2) is 64.5 Å². The minimum atomic E-state index is -4.53. The van der Waals surface area contributed by atoms with Gasteiger partial charge in [-0.15, -0.1) is 0 Å². The summed E-state index contributed by atoms with van der Waals surface area (Å²) in [7, 11) is 0. The number of hydrogen-bond acceptors (Lipinski definition) is 6. The van der Waals surface area contributed by atoms with Crippen LogP contribution in [0.15, 0.2) is 42.9 Å². The van der Waals surface area contributed by atoms with Gasteiger partial charge in [0.15, 0.2) is 0 Å². The molecular weight excluding hydrogens is 451 g/mol. The second-order valence-corrected chi connectivity index (χ2v) is 8.58. The zero-order valence-corrected chi connectivity index (χ0v) is 18.4. The first-order valence-corrected chi connectivity index (χ1v) is 11.2. The van der Waals surface area contributed by atoms with Crippen LogP contribution in [0.1, 0.15) is 41.6 Å². The van der Waals surface area contributed by atoms with Crippen molar-refractivity contribution in [3.63, 3.8) is 0 Å². The van der Waals surface area contributed by atoms with Gasteiger partial charge in [-0.05, 0) is 43.9 Å². The number of likely N-dealkylation sites (tertiary alicyclic amines) is 1. The van der Waals surface area contributed by atoms with E-state index >= 15 is 0 Å². The smallest absolute Gasteiger partial charge is 0.416 e. The molecule has 0 unspecified atom stereocenters. The number of halogens is 3. The van der Waals surface area contributed by atoms with Gasteiger partial charge in [0.25, 0.3) is 5.91 Å². The molecule has 2 N–H and O–H groups in total. The Hall–Kier alpha value is -3.21. The Balaban J connectivity index is 1.13. The molecule has 0 bridgehead atoms. The standard InChI is InChI=1S/C23H26F3N5O3/c24-23(25,26)16-3-1-2-15(10-16)22(33)28-11-20(32)30-17-12-31(13-17)18-4-6-19(7-5-18)34-21-8-9-27-14-29-21/h1-3,8-10,14,17-19H,4-7,11-13H2,(H,28,33)(H,30,32). The van der Waals surface area contributed by atoms with Crippen molar-refractivity contribution < 1.29 is 27.5 Å². The Kier molecular flexibility index (Phi) is 7.30. The zero-order chi connectivity index (χ0) is 24.1. The maximum Gasteiger partial charge on any atom is 0.416 e. The van der Waals surface area contributed by atoms with E-state index in [0.717, 1.165) is 57.0 Å². The fourth-order valence-electron chi connectivity index (χ4n) is 4.33. The number of rotatable bonds is 7. The van der Waals surface area contributed by atoms with E-state index in [1.807, 2.05) is 0 Å². The lowest BCUT2D eigenvalue weighted by molar-refractivity contribution is -0.137. The summed E-state index contributed by atoms with van der Waals surface area (Å²) in [5.41, 5.74) is -1.05. The average Bonchev–Trinajstić information content (AvgIpc) is 2.80. The first-order chi connectivity index (χ1) is 16.3. The highest BCUT2D eigenvalue weighted by Gasteiger charge is 2.36. The Morgan fingerprint density at radius 2 is 1.88 bits per heavy atom. The molecular formula is C23H26F3N5O3. The number of amides is 2. The van der Waals surface area contributed by atoms with Crippen LogP contribution in [0.2, 0.25) is 0 Å². The lowest BCUT2D eigenvalue weighted by Crippen LogP contribution is -2.63. The van der Waals surface area contributed by atoms with Gasteiger partial charge in [0.1, 0.15) is 12.4 Å². The van der Waals surface area contributed by atoms with E-state index in [9.17, 15) is 22.8 Å². The van der Waals surface area contributed by atoms with Crippen molar-refractivity contribution in [3.8, 4) is 5.88 Å². The highest BCUT2D eigenvalue weighted by molar-refractivity contribution is 5.96. The minimum absolute atomic E-state index is 0.00653. The summed E-state index contributed by atoms with van der Waals surface area (Å²) in [5.74, 6) is -0.505. The van der Waals surface area contributed by atoms with Crippen molar-refractivity contribution in [1.82, 2.24) is 25.5 Å². The van der Waals surface area contributed by atoms with Gasteiger partial charge in [0, 0.05) is 37.0 Å². The van der Waals surface area contributed by atoms with Crippen LogP contribution in [-0.2, 0) is 11.0 Å². The molecule has 2 fully saturated rings. The molecule has 1 saturated heterocycles. The van der Waals surface area contributed by atoms with Crippen molar-refractivity contribution >= 4 is 11.8 Å². The number of nitrogens with zero attached hydrogens (tertiary/aromatic N) is 3. The van der Waals surface area contributed by atoms with Gasteiger partial charge in [-0.2, -0.15) is 13.2 Å². The third kappa shape index (κ3) is 6.22. The molecule has 2 amide bonds. The van der Waals surface area contributed by atoms with E-state index in [2.05, 4.69) is 25.5 Å². The number of alkyl halides is 3. The van der Waals surface area contributed by atoms with Gasteiger partial charge < -0.3 is 15.4 Å². The van der Waals surface area contributed by atoms with Gasteiger partial charge in [-0.3, -0.25) is 14.5 Å². The van der Waals surface area contributed by atoms with E-state index < -0.39 is 17.6 Å².